The first-order chi connectivity index (χ1) is 18.5. The van der Waals surface area contributed by atoms with E-state index < -0.39 is 34.3 Å². The molecule has 0 aliphatic carbocycles. The first-order valence-corrected chi connectivity index (χ1v) is 14.8. The van der Waals surface area contributed by atoms with Crippen LogP contribution in [0, 0.1) is 5.82 Å². The number of benzene rings is 3. The van der Waals surface area contributed by atoms with Crippen molar-refractivity contribution >= 4 is 39.1 Å². The summed E-state index contributed by atoms with van der Waals surface area (Å²) in [6.45, 7) is 3.20. The van der Waals surface area contributed by atoms with Gasteiger partial charge in [0, 0.05) is 24.0 Å². The number of sulfonamides is 1. The molecule has 0 bridgehead atoms. The third kappa shape index (κ3) is 8.53. The van der Waals surface area contributed by atoms with Gasteiger partial charge in [-0.15, -0.1) is 0 Å². The monoisotopic (exact) mass is 573 g/mol. The molecule has 0 unspecified atom stereocenters. The number of anilines is 1. The molecule has 3 aromatic rings. The maximum Gasteiger partial charge on any atom is 0.244 e. The van der Waals surface area contributed by atoms with Gasteiger partial charge in [0.2, 0.25) is 21.8 Å². The molecule has 3 rings (SSSR count). The van der Waals surface area contributed by atoms with Crippen LogP contribution in [0.3, 0.4) is 0 Å². The Morgan fingerprint density at radius 1 is 0.974 bits per heavy atom. The second-order valence-corrected chi connectivity index (χ2v) is 11.7. The SMILES string of the molecule is CC[C@@H](C)NC(=O)[C@H](Cc1ccccc1)N(Cc1ccccc1Cl)C(=O)CN(c1ccc(F)cc1)S(C)(=O)=O. The van der Waals surface area contributed by atoms with E-state index in [-0.39, 0.29) is 30.6 Å². The molecule has 2 atom stereocenters. The number of amides is 2. The molecule has 3 aromatic carbocycles. The number of carbonyl (C=O) groups excluding carboxylic acids is 2. The van der Waals surface area contributed by atoms with E-state index in [9.17, 15) is 22.4 Å². The van der Waals surface area contributed by atoms with Crippen LogP contribution in [0.1, 0.15) is 31.4 Å². The van der Waals surface area contributed by atoms with Crippen molar-refractivity contribution in [2.45, 2.75) is 45.3 Å². The Kier molecular flexibility index (Phi) is 10.5. The molecule has 39 heavy (non-hydrogen) atoms. The predicted molar refractivity (Wildman–Crippen MR) is 152 cm³/mol. The van der Waals surface area contributed by atoms with Crippen molar-refractivity contribution in [1.29, 1.82) is 0 Å². The van der Waals surface area contributed by atoms with Gasteiger partial charge in [-0.1, -0.05) is 67.1 Å². The van der Waals surface area contributed by atoms with E-state index >= 15 is 0 Å². The molecule has 0 radical (unpaired) electrons. The van der Waals surface area contributed by atoms with Gasteiger partial charge >= 0.3 is 0 Å². The van der Waals surface area contributed by atoms with Crippen molar-refractivity contribution in [3.63, 3.8) is 0 Å². The van der Waals surface area contributed by atoms with Gasteiger partial charge < -0.3 is 10.2 Å². The molecule has 0 spiro atoms. The van der Waals surface area contributed by atoms with Crippen LogP contribution in [-0.2, 0) is 32.6 Å². The summed E-state index contributed by atoms with van der Waals surface area (Å²) in [4.78, 5) is 29.0. The van der Waals surface area contributed by atoms with Gasteiger partial charge in [-0.05, 0) is 54.8 Å². The van der Waals surface area contributed by atoms with Gasteiger partial charge in [-0.2, -0.15) is 0 Å². The van der Waals surface area contributed by atoms with E-state index in [1.54, 1.807) is 24.3 Å². The molecule has 10 heteroatoms. The molecule has 0 fully saturated rings. The van der Waals surface area contributed by atoms with Crippen molar-refractivity contribution in [3.8, 4) is 0 Å². The van der Waals surface area contributed by atoms with Crippen molar-refractivity contribution in [1.82, 2.24) is 10.2 Å². The minimum atomic E-state index is -3.93. The number of halogens is 2. The van der Waals surface area contributed by atoms with Crippen LogP contribution in [0.2, 0.25) is 5.02 Å². The van der Waals surface area contributed by atoms with Gasteiger partial charge in [0.05, 0.1) is 11.9 Å². The van der Waals surface area contributed by atoms with Gasteiger partial charge in [-0.25, -0.2) is 12.8 Å². The van der Waals surface area contributed by atoms with Crippen LogP contribution in [0.25, 0.3) is 0 Å². The minimum Gasteiger partial charge on any atom is -0.352 e. The van der Waals surface area contributed by atoms with Crippen molar-refractivity contribution < 1.29 is 22.4 Å². The summed E-state index contributed by atoms with van der Waals surface area (Å²) in [5.74, 6) is -1.50. The Morgan fingerprint density at radius 3 is 2.18 bits per heavy atom. The van der Waals surface area contributed by atoms with E-state index in [1.165, 1.54) is 17.0 Å². The third-order valence-corrected chi connectivity index (χ3v) is 7.87. The first-order valence-electron chi connectivity index (χ1n) is 12.6. The summed E-state index contributed by atoms with van der Waals surface area (Å²) in [6.07, 6.45) is 1.86. The molecule has 0 aliphatic heterocycles. The zero-order valence-corrected chi connectivity index (χ0v) is 23.8. The van der Waals surface area contributed by atoms with E-state index in [4.69, 9.17) is 11.6 Å². The largest absolute Gasteiger partial charge is 0.352 e. The molecule has 0 saturated carbocycles. The highest BCUT2D eigenvalue weighted by Crippen LogP contribution is 2.23. The normalized spacial score (nSPS) is 12.8. The van der Waals surface area contributed by atoms with Crippen molar-refractivity contribution in [3.05, 3.63) is 101 Å². The quantitative estimate of drug-likeness (QED) is 0.337. The Bertz CT molecular complexity index is 1370. The lowest BCUT2D eigenvalue weighted by molar-refractivity contribution is -0.140. The molecule has 0 aliphatic rings. The van der Waals surface area contributed by atoms with E-state index in [1.807, 2.05) is 44.2 Å². The van der Waals surface area contributed by atoms with Crippen LogP contribution < -0.4 is 9.62 Å². The molecular weight excluding hydrogens is 541 g/mol. The van der Waals surface area contributed by atoms with Crippen LogP contribution in [0.5, 0.6) is 0 Å². The zero-order valence-electron chi connectivity index (χ0n) is 22.2. The number of nitrogens with zero attached hydrogens (tertiary/aromatic N) is 2. The summed E-state index contributed by atoms with van der Waals surface area (Å²) in [7, 11) is -3.93. The van der Waals surface area contributed by atoms with Gasteiger partial charge in [0.15, 0.2) is 0 Å². The lowest BCUT2D eigenvalue weighted by Gasteiger charge is -2.34. The predicted octanol–water partition coefficient (Wildman–Crippen LogP) is 4.80. The standard InChI is InChI=1S/C29H33ClFN3O4S/c1-4-21(2)32-29(36)27(18-22-10-6-5-7-11-22)33(19-23-12-8-9-13-26(23)30)28(35)20-34(39(3,37)38)25-16-14-24(31)15-17-25/h5-17,21,27H,4,18-20H2,1-3H3,(H,32,36)/t21-,27+/m1/s1. The van der Waals surface area contributed by atoms with E-state index in [0.29, 0.717) is 17.0 Å². The zero-order chi connectivity index (χ0) is 28.6. The second kappa shape index (κ2) is 13.6. The summed E-state index contributed by atoms with van der Waals surface area (Å²) >= 11 is 6.43. The summed E-state index contributed by atoms with van der Waals surface area (Å²) in [6, 6.07) is 20.0. The summed E-state index contributed by atoms with van der Waals surface area (Å²) < 4.78 is 39.9. The Hall–Kier alpha value is -3.43. The highest BCUT2D eigenvalue weighted by atomic mass is 35.5. The van der Waals surface area contributed by atoms with Crippen molar-refractivity contribution in [2.24, 2.45) is 0 Å². The van der Waals surface area contributed by atoms with Crippen molar-refractivity contribution in [2.75, 3.05) is 17.1 Å². The summed E-state index contributed by atoms with van der Waals surface area (Å²) in [5, 5.41) is 3.38. The Balaban J connectivity index is 2.06. The lowest BCUT2D eigenvalue weighted by atomic mass is 10.0. The average Bonchev–Trinajstić information content (AvgIpc) is 2.90. The number of rotatable bonds is 12. The molecule has 7 nitrogen and oxygen atoms in total. The molecule has 1 N–H and O–H groups in total. The first kappa shape index (κ1) is 30.1. The van der Waals surface area contributed by atoms with E-state index in [2.05, 4.69) is 5.32 Å². The number of hydrogen-bond donors (Lipinski definition) is 1. The fraction of sp³-hybridized carbons (Fsp3) is 0.310. The highest BCUT2D eigenvalue weighted by Gasteiger charge is 2.33. The maximum absolute atomic E-state index is 14.0. The highest BCUT2D eigenvalue weighted by molar-refractivity contribution is 7.92. The Labute approximate surface area is 234 Å². The average molecular weight is 574 g/mol. The molecule has 0 aromatic heterocycles. The maximum atomic E-state index is 14.0. The van der Waals surface area contributed by atoms with Gasteiger partial charge in [-0.3, -0.25) is 13.9 Å². The second-order valence-electron chi connectivity index (χ2n) is 9.38. The third-order valence-electron chi connectivity index (χ3n) is 6.36. The van der Waals surface area contributed by atoms with Crippen LogP contribution in [0.15, 0.2) is 78.9 Å². The number of nitrogens with one attached hydrogen (secondary N) is 1. The van der Waals surface area contributed by atoms with Crippen LogP contribution >= 0.6 is 11.6 Å². The Morgan fingerprint density at radius 2 is 1.59 bits per heavy atom. The van der Waals surface area contributed by atoms with Gasteiger partial charge in [0.25, 0.3) is 0 Å². The van der Waals surface area contributed by atoms with Crippen LogP contribution in [-0.4, -0.2) is 50.0 Å². The molecular formula is C29H33ClFN3O4S. The fourth-order valence-electron chi connectivity index (χ4n) is 4.03. The lowest BCUT2D eigenvalue weighted by Crippen LogP contribution is -2.54. The van der Waals surface area contributed by atoms with Gasteiger partial charge in [0.1, 0.15) is 18.4 Å². The molecule has 208 valence electrons. The van der Waals surface area contributed by atoms with Crippen LogP contribution in [0.4, 0.5) is 10.1 Å². The molecule has 0 heterocycles. The summed E-state index contributed by atoms with van der Waals surface area (Å²) in [5.41, 5.74) is 1.57. The molecule has 2 amide bonds. The number of carbonyl (C=O) groups is 2. The smallest absolute Gasteiger partial charge is 0.244 e. The van der Waals surface area contributed by atoms with E-state index in [0.717, 1.165) is 28.3 Å². The fourth-order valence-corrected chi connectivity index (χ4v) is 5.07. The minimum absolute atomic E-state index is 0.0229. The topological polar surface area (TPSA) is 86.8 Å². The number of hydrogen-bond acceptors (Lipinski definition) is 4. The molecule has 0 saturated heterocycles.